The zero-order valence-electron chi connectivity index (χ0n) is 21.5. The molecule has 1 fully saturated rings. The predicted octanol–water partition coefficient (Wildman–Crippen LogP) is 8.40. The van der Waals surface area contributed by atoms with Gasteiger partial charge in [0.2, 0.25) is 0 Å². The van der Waals surface area contributed by atoms with Crippen molar-refractivity contribution in [2.45, 2.75) is 51.0 Å². The molecule has 1 aliphatic heterocycles. The van der Waals surface area contributed by atoms with Crippen molar-refractivity contribution in [2.24, 2.45) is 5.92 Å². The highest BCUT2D eigenvalue weighted by molar-refractivity contribution is 5.77. The average Bonchev–Trinajstić information content (AvgIpc) is 2.88. The summed E-state index contributed by atoms with van der Waals surface area (Å²) < 4.78 is 79.2. The number of hydrogen-bond acceptors (Lipinski definition) is 2. The summed E-state index contributed by atoms with van der Waals surface area (Å²) >= 11 is 0. The number of carboxylic acid groups (broad SMARTS) is 1. The van der Waals surface area contributed by atoms with Gasteiger partial charge in [-0.2, -0.15) is 26.3 Å². The smallest absolute Gasteiger partial charge is 0.416 e. The van der Waals surface area contributed by atoms with Gasteiger partial charge in [-0.3, -0.25) is 9.69 Å². The van der Waals surface area contributed by atoms with Crippen LogP contribution in [0.15, 0.2) is 66.7 Å². The summed E-state index contributed by atoms with van der Waals surface area (Å²) in [5.41, 5.74) is 1.19. The van der Waals surface area contributed by atoms with E-state index in [9.17, 15) is 36.2 Å². The predicted molar refractivity (Wildman–Crippen MR) is 136 cm³/mol. The third-order valence-electron chi connectivity index (χ3n) is 7.45. The minimum Gasteiger partial charge on any atom is -0.481 e. The summed E-state index contributed by atoms with van der Waals surface area (Å²) in [6.45, 7) is 5.05. The van der Waals surface area contributed by atoms with E-state index in [1.165, 1.54) is 31.2 Å². The molecule has 2 unspecified atom stereocenters. The number of benzene rings is 3. The topological polar surface area (TPSA) is 40.5 Å². The van der Waals surface area contributed by atoms with Crippen LogP contribution < -0.4 is 0 Å². The van der Waals surface area contributed by atoms with E-state index in [0.717, 1.165) is 37.1 Å². The summed E-state index contributed by atoms with van der Waals surface area (Å²) in [6, 6.07) is 14.3. The summed E-state index contributed by atoms with van der Waals surface area (Å²) in [5.74, 6) is -1.48. The first-order chi connectivity index (χ1) is 18.2. The van der Waals surface area contributed by atoms with Crippen LogP contribution in [-0.2, 0) is 17.1 Å². The molecule has 208 valence electrons. The molecule has 0 aromatic heterocycles. The molecule has 1 heterocycles. The van der Waals surface area contributed by atoms with Gasteiger partial charge in [0.1, 0.15) is 0 Å². The number of aliphatic carboxylic acids is 1. The van der Waals surface area contributed by atoms with Crippen LogP contribution in [0.5, 0.6) is 0 Å². The fourth-order valence-electron chi connectivity index (χ4n) is 5.00. The lowest BCUT2D eigenvalue weighted by Crippen LogP contribution is -2.36. The highest BCUT2D eigenvalue weighted by atomic mass is 19.4. The van der Waals surface area contributed by atoms with E-state index < -0.39 is 41.4 Å². The summed E-state index contributed by atoms with van der Waals surface area (Å²) in [5, 5.41) is 9.71. The minimum absolute atomic E-state index is 0.456. The molecule has 3 aromatic carbocycles. The Hall–Kier alpha value is -3.33. The first kappa shape index (κ1) is 28.7. The van der Waals surface area contributed by atoms with Gasteiger partial charge in [-0.15, -0.1) is 0 Å². The van der Waals surface area contributed by atoms with E-state index in [2.05, 4.69) is 11.8 Å². The van der Waals surface area contributed by atoms with Crippen LogP contribution in [0.4, 0.5) is 26.3 Å². The number of carboxylic acids is 1. The van der Waals surface area contributed by atoms with Crippen molar-refractivity contribution < 1.29 is 36.2 Å². The Labute approximate surface area is 223 Å². The van der Waals surface area contributed by atoms with Crippen LogP contribution in [0, 0.1) is 5.92 Å². The van der Waals surface area contributed by atoms with Crippen molar-refractivity contribution >= 4 is 5.97 Å². The average molecular weight is 550 g/mol. The lowest BCUT2D eigenvalue weighted by atomic mass is 9.87. The molecule has 3 aromatic rings. The zero-order chi connectivity index (χ0) is 28.5. The molecule has 3 nitrogen and oxygen atoms in total. The summed E-state index contributed by atoms with van der Waals surface area (Å²) in [4.78, 5) is 14.1. The number of hydrogen-bond donors (Lipinski definition) is 1. The number of alkyl halides is 6. The van der Waals surface area contributed by atoms with Crippen LogP contribution >= 0.6 is 0 Å². The highest BCUT2D eigenvalue weighted by Gasteiger charge is 2.33. The Morgan fingerprint density at radius 2 is 1.26 bits per heavy atom. The largest absolute Gasteiger partial charge is 0.481 e. The van der Waals surface area contributed by atoms with Gasteiger partial charge in [-0.25, -0.2) is 0 Å². The maximum Gasteiger partial charge on any atom is 0.416 e. The lowest BCUT2D eigenvalue weighted by molar-refractivity contribution is -0.139. The van der Waals surface area contributed by atoms with Crippen LogP contribution in [0.25, 0.3) is 11.1 Å². The van der Waals surface area contributed by atoms with Crippen LogP contribution in [0.1, 0.15) is 66.5 Å². The standard InChI is InChI=1S/C30H29F6NO2/c1-18-11-13-37(14-12-18)27(21-5-9-26(10-6-21)30(34,35)36)24-16-22(19(2)28(38)39)15-23(17-24)20-3-7-25(8-4-20)29(31,32)33/h3-10,15-19,27H,11-14H2,1-2H3,(H,38,39). The molecule has 39 heavy (non-hydrogen) atoms. The maximum absolute atomic E-state index is 13.3. The molecule has 1 aliphatic rings. The van der Waals surface area contributed by atoms with E-state index in [0.29, 0.717) is 46.8 Å². The lowest BCUT2D eigenvalue weighted by Gasteiger charge is -2.38. The number of rotatable bonds is 6. The molecule has 0 amide bonds. The van der Waals surface area contributed by atoms with Gasteiger partial charge in [0.25, 0.3) is 0 Å². The van der Waals surface area contributed by atoms with E-state index >= 15 is 0 Å². The van der Waals surface area contributed by atoms with Crippen LogP contribution in [-0.4, -0.2) is 29.1 Å². The molecule has 1 N–H and O–H groups in total. The fourth-order valence-corrected chi connectivity index (χ4v) is 5.00. The van der Waals surface area contributed by atoms with Crippen molar-refractivity contribution in [1.82, 2.24) is 4.90 Å². The quantitative estimate of drug-likeness (QED) is 0.314. The molecule has 2 atom stereocenters. The van der Waals surface area contributed by atoms with Crippen LogP contribution in [0.2, 0.25) is 0 Å². The van der Waals surface area contributed by atoms with Gasteiger partial charge in [-0.1, -0.05) is 43.3 Å². The molecule has 0 saturated carbocycles. The second-order valence-electron chi connectivity index (χ2n) is 10.3. The molecule has 0 bridgehead atoms. The number of likely N-dealkylation sites (tertiary alicyclic amines) is 1. The van der Waals surface area contributed by atoms with E-state index in [1.807, 2.05) is 0 Å². The molecule has 0 aliphatic carbocycles. The fraction of sp³-hybridized carbons (Fsp3) is 0.367. The molecular weight excluding hydrogens is 520 g/mol. The van der Waals surface area contributed by atoms with E-state index in [4.69, 9.17) is 0 Å². The van der Waals surface area contributed by atoms with Crippen molar-refractivity contribution in [1.29, 1.82) is 0 Å². The second-order valence-corrected chi connectivity index (χ2v) is 10.3. The first-order valence-corrected chi connectivity index (χ1v) is 12.7. The normalized spacial score (nSPS) is 17.1. The van der Waals surface area contributed by atoms with Gasteiger partial charge in [-0.05, 0) is 96.9 Å². The SMILES string of the molecule is CC1CCN(C(c2ccc(C(F)(F)F)cc2)c2cc(-c3ccc(C(F)(F)F)cc3)cc(C(C)C(=O)O)c2)CC1. The molecule has 1 saturated heterocycles. The van der Waals surface area contributed by atoms with E-state index in [-0.39, 0.29) is 0 Å². The van der Waals surface area contributed by atoms with Crippen LogP contribution in [0.3, 0.4) is 0 Å². The first-order valence-electron chi connectivity index (χ1n) is 12.7. The number of nitrogens with zero attached hydrogens (tertiary/aromatic N) is 1. The molecule has 0 spiro atoms. The summed E-state index contributed by atoms with van der Waals surface area (Å²) in [6.07, 6.45) is -7.19. The Morgan fingerprint density at radius 1 is 0.769 bits per heavy atom. The van der Waals surface area contributed by atoms with Gasteiger partial charge in [0.05, 0.1) is 23.1 Å². The van der Waals surface area contributed by atoms with Gasteiger partial charge in [0.15, 0.2) is 0 Å². The third-order valence-corrected chi connectivity index (χ3v) is 7.45. The Balaban J connectivity index is 1.85. The number of piperidine rings is 1. The van der Waals surface area contributed by atoms with Crippen molar-refractivity contribution in [3.05, 3.63) is 94.5 Å². The third kappa shape index (κ3) is 6.64. The monoisotopic (exact) mass is 549 g/mol. The zero-order valence-corrected chi connectivity index (χ0v) is 21.5. The Morgan fingerprint density at radius 3 is 1.74 bits per heavy atom. The number of carbonyl (C=O) groups is 1. The van der Waals surface area contributed by atoms with E-state index in [1.54, 1.807) is 18.2 Å². The highest BCUT2D eigenvalue weighted by Crippen LogP contribution is 2.39. The maximum atomic E-state index is 13.3. The van der Waals surface area contributed by atoms with Gasteiger partial charge in [0, 0.05) is 0 Å². The molecule has 4 rings (SSSR count). The Kier molecular flexibility index (Phi) is 8.12. The Bertz CT molecular complexity index is 1290. The minimum atomic E-state index is -4.50. The second kappa shape index (κ2) is 11.0. The molecule has 9 heteroatoms. The van der Waals surface area contributed by atoms with Crippen molar-refractivity contribution in [3.8, 4) is 11.1 Å². The summed E-state index contributed by atoms with van der Waals surface area (Å²) in [7, 11) is 0. The molecular formula is C30H29F6NO2. The number of halogens is 6. The van der Waals surface area contributed by atoms with Gasteiger partial charge >= 0.3 is 18.3 Å². The molecule has 0 radical (unpaired) electrons. The van der Waals surface area contributed by atoms with Gasteiger partial charge < -0.3 is 5.11 Å². The van der Waals surface area contributed by atoms with Crippen molar-refractivity contribution in [2.75, 3.05) is 13.1 Å². The van der Waals surface area contributed by atoms with Crippen molar-refractivity contribution in [3.63, 3.8) is 0 Å².